The SMILES string of the molecule is COc1ccc(S(=O)(=O)F)c(Cl)c1. The zero-order valence-electron chi connectivity index (χ0n) is 6.62. The summed E-state index contributed by atoms with van der Waals surface area (Å²) in [6.07, 6.45) is 0. The minimum Gasteiger partial charge on any atom is -0.497 e. The second-order valence-electron chi connectivity index (χ2n) is 2.23. The third-order valence-electron chi connectivity index (χ3n) is 1.40. The topological polar surface area (TPSA) is 43.4 Å². The monoisotopic (exact) mass is 224 g/mol. The first-order valence-corrected chi connectivity index (χ1v) is 4.99. The number of rotatable bonds is 2. The molecule has 0 aromatic heterocycles. The lowest BCUT2D eigenvalue weighted by Gasteiger charge is -2.02. The molecule has 0 bridgehead atoms. The van der Waals surface area contributed by atoms with Crippen molar-refractivity contribution in [3.8, 4) is 5.75 Å². The molecule has 6 heteroatoms. The number of halogens is 2. The number of hydrogen-bond acceptors (Lipinski definition) is 3. The molecular formula is C7H6ClFO3S. The third-order valence-corrected chi connectivity index (χ3v) is 2.71. The van der Waals surface area contributed by atoms with Gasteiger partial charge in [-0.3, -0.25) is 0 Å². The Hall–Kier alpha value is -0.810. The van der Waals surface area contributed by atoms with Gasteiger partial charge < -0.3 is 4.74 Å². The molecule has 0 spiro atoms. The summed E-state index contributed by atoms with van der Waals surface area (Å²) < 4.78 is 38.1. The summed E-state index contributed by atoms with van der Waals surface area (Å²) in [5.74, 6) is 0.373. The van der Waals surface area contributed by atoms with Crippen LogP contribution in [-0.4, -0.2) is 15.5 Å². The van der Waals surface area contributed by atoms with E-state index in [2.05, 4.69) is 0 Å². The summed E-state index contributed by atoms with van der Waals surface area (Å²) in [6, 6.07) is 3.60. The molecule has 13 heavy (non-hydrogen) atoms. The van der Waals surface area contributed by atoms with Crippen LogP contribution < -0.4 is 4.74 Å². The van der Waals surface area contributed by atoms with Crippen LogP contribution in [0.3, 0.4) is 0 Å². The fourth-order valence-electron chi connectivity index (χ4n) is 0.806. The molecule has 0 unspecified atom stereocenters. The Kier molecular flexibility index (Phi) is 2.77. The lowest BCUT2D eigenvalue weighted by molar-refractivity contribution is 0.414. The van der Waals surface area contributed by atoms with Gasteiger partial charge in [0.15, 0.2) is 0 Å². The highest BCUT2D eigenvalue weighted by atomic mass is 35.5. The van der Waals surface area contributed by atoms with E-state index < -0.39 is 15.1 Å². The maximum absolute atomic E-state index is 12.5. The average molecular weight is 225 g/mol. The maximum atomic E-state index is 12.5. The Morgan fingerprint density at radius 3 is 2.46 bits per heavy atom. The van der Waals surface area contributed by atoms with Crippen LogP contribution in [0.2, 0.25) is 5.02 Å². The van der Waals surface area contributed by atoms with Crippen LogP contribution in [0.4, 0.5) is 3.89 Å². The molecule has 0 fully saturated rings. The van der Waals surface area contributed by atoms with E-state index in [4.69, 9.17) is 16.3 Å². The van der Waals surface area contributed by atoms with Crippen molar-refractivity contribution in [3.05, 3.63) is 23.2 Å². The Balaban J connectivity index is 3.29. The molecule has 0 heterocycles. The van der Waals surface area contributed by atoms with Crippen molar-refractivity contribution >= 4 is 21.8 Å². The minimum atomic E-state index is -4.75. The van der Waals surface area contributed by atoms with E-state index in [1.165, 1.54) is 19.2 Å². The molecular weight excluding hydrogens is 219 g/mol. The van der Waals surface area contributed by atoms with E-state index in [-0.39, 0.29) is 5.02 Å². The van der Waals surface area contributed by atoms with E-state index in [1.54, 1.807) is 0 Å². The first-order valence-electron chi connectivity index (χ1n) is 3.23. The van der Waals surface area contributed by atoms with Crippen molar-refractivity contribution in [1.82, 2.24) is 0 Å². The molecule has 1 rings (SSSR count). The van der Waals surface area contributed by atoms with Crippen molar-refractivity contribution in [2.24, 2.45) is 0 Å². The Morgan fingerprint density at radius 1 is 1.46 bits per heavy atom. The highest BCUT2D eigenvalue weighted by Crippen LogP contribution is 2.27. The zero-order chi connectivity index (χ0) is 10.1. The van der Waals surface area contributed by atoms with E-state index >= 15 is 0 Å². The number of benzene rings is 1. The van der Waals surface area contributed by atoms with Crippen LogP contribution in [0, 0.1) is 0 Å². The summed E-state index contributed by atoms with van der Waals surface area (Å²) >= 11 is 5.49. The van der Waals surface area contributed by atoms with Crippen LogP contribution in [0.1, 0.15) is 0 Å². The average Bonchev–Trinajstić information content (AvgIpc) is 2.01. The molecule has 3 nitrogen and oxygen atoms in total. The first-order chi connectivity index (χ1) is 5.95. The van der Waals surface area contributed by atoms with Gasteiger partial charge in [0.1, 0.15) is 10.6 Å². The fraction of sp³-hybridized carbons (Fsp3) is 0.143. The molecule has 0 aliphatic rings. The van der Waals surface area contributed by atoms with Gasteiger partial charge in [-0.05, 0) is 12.1 Å². The van der Waals surface area contributed by atoms with Crippen molar-refractivity contribution in [2.45, 2.75) is 4.90 Å². The van der Waals surface area contributed by atoms with Crippen molar-refractivity contribution in [3.63, 3.8) is 0 Å². The number of ether oxygens (including phenoxy) is 1. The van der Waals surface area contributed by atoms with E-state index in [0.29, 0.717) is 5.75 Å². The lowest BCUT2D eigenvalue weighted by atomic mass is 10.3. The highest BCUT2D eigenvalue weighted by Gasteiger charge is 2.16. The van der Waals surface area contributed by atoms with Gasteiger partial charge in [0, 0.05) is 6.07 Å². The Bertz CT molecular complexity index is 416. The molecule has 1 aromatic carbocycles. The third kappa shape index (κ3) is 2.32. The highest BCUT2D eigenvalue weighted by molar-refractivity contribution is 7.86. The summed E-state index contributed by atoms with van der Waals surface area (Å²) in [6.45, 7) is 0. The molecule has 0 atom stereocenters. The maximum Gasteiger partial charge on any atom is 0.333 e. The van der Waals surface area contributed by atoms with Gasteiger partial charge >= 0.3 is 10.2 Å². The van der Waals surface area contributed by atoms with Gasteiger partial charge in [-0.15, -0.1) is 3.89 Å². The van der Waals surface area contributed by atoms with Crippen LogP contribution in [-0.2, 0) is 10.2 Å². The largest absolute Gasteiger partial charge is 0.497 e. The molecule has 0 amide bonds. The second-order valence-corrected chi connectivity index (χ2v) is 3.96. The molecule has 0 saturated carbocycles. The van der Waals surface area contributed by atoms with Crippen molar-refractivity contribution in [1.29, 1.82) is 0 Å². The van der Waals surface area contributed by atoms with E-state index in [1.807, 2.05) is 0 Å². The smallest absolute Gasteiger partial charge is 0.333 e. The van der Waals surface area contributed by atoms with Gasteiger partial charge in [-0.2, -0.15) is 8.42 Å². The van der Waals surface area contributed by atoms with Gasteiger partial charge in [0.05, 0.1) is 12.1 Å². The quantitative estimate of drug-likeness (QED) is 0.722. The van der Waals surface area contributed by atoms with E-state index in [9.17, 15) is 12.3 Å². The van der Waals surface area contributed by atoms with Gasteiger partial charge in [0.25, 0.3) is 0 Å². The van der Waals surface area contributed by atoms with Gasteiger partial charge in [-0.1, -0.05) is 11.6 Å². The summed E-state index contributed by atoms with van der Waals surface area (Å²) in [7, 11) is -3.35. The van der Waals surface area contributed by atoms with E-state index in [0.717, 1.165) is 6.07 Å². The van der Waals surface area contributed by atoms with Crippen LogP contribution in [0.25, 0.3) is 0 Å². The van der Waals surface area contributed by atoms with Gasteiger partial charge in [0.2, 0.25) is 0 Å². The zero-order valence-corrected chi connectivity index (χ0v) is 8.19. The molecule has 0 aliphatic heterocycles. The number of hydrogen-bond donors (Lipinski definition) is 0. The Morgan fingerprint density at radius 2 is 2.08 bits per heavy atom. The predicted octanol–water partition coefficient (Wildman–Crippen LogP) is 2.01. The van der Waals surface area contributed by atoms with Crippen molar-refractivity contribution in [2.75, 3.05) is 7.11 Å². The molecule has 0 aliphatic carbocycles. The molecule has 0 radical (unpaired) electrons. The molecule has 0 N–H and O–H groups in total. The second kappa shape index (κ2) is 3.51. The molecule has 1 aromatic rings. The fourth-order valence-corrected chi connectivity index (χ4v) is 1.78. The molecule has 72 valence electrons. The van der Waals surface area contributed by atoms with Gasteiger partial charge in [-0.25, -0.2) is 0 Å². The van der Waals surface area contributed by atoms with Crippen LogP contribution >= 0.6 is 11.6 Å². The predicted molar refractivity (Wildman–Crippen MR) is 46.3 cm³/mol. The first kappa shape index (κ1) is 10.3. The Labute approximate surface area is 80.3 Å². The number of methoxy groups -OCH3 is 1. The lowest BCUT2D eigenvalue weighted by Crippen LogP contribution is -1.93. The van der Waals surface area contributed by atoms with Crippen LogP contribution in [0.5, 0.6) is 5.75 Å². The van der Waals surface area contributed by atoms with Crippen molar-refractivity contribution < 1.29 is 17.0 Å². The standard InChI is InChI=1S/C7H6ClFO3S/c1-12-5-2-3-7(6(8)4-5)13(9,10)11/h2-4H,1H3. The summed E-state index contributed by atoms with van der Waals surface area (Å²) in [5.41, 5.74) is 0. The minimum absolute atomic E-state index is 0.193. The molecule has 0 saturated heterocycles. The summed E-state index contributed by atoms with van der Waals surface area (Å²) in [4.78, 5) is -0.546. The normalized spacial score (nSPS) is 11.3. The summed E-state index contributed by atoms with van der Waals surface area (Å²) in [5, 5.41) is -0.193. The van der Waals surface area contributed by atoms with Crippen LogP contribution in [0.15, 0.2) is 23.1 Å².